The van der Waals surface area contributed by atoms with Crippen LogP contribution in [-0.2, 0) is 4.74 Å². The van der Waals surface area contributed by atoms with Crippen LogP contribution in [0.25, 0.3) is 33.5 Å². The van der Waals surface area contributed by atoms with E-state index in [9.17, 15) is 0 Å². The van der Waals surface area contributed by atoms with E-state index in [4.69, 9.17) is 19.7 Å². The summed E-state index contributed by atoms with van der Waals surface area (Å²) in [6.45, 7) is 5.90. The van der Waals surface area contributed by atoms with Crippen LogP contribution in [0.4, 0.5) is 28.4 Å². The minimum Gasteiger partial charge on any atom is -0.371 e. The number of anilines is 5. The number of H-pyrrole nitrogens is 1. The molecule has 6 aromatic rings. The van der Waals surface area contributed by atoms with Crippen LogP contribution in [0.5, 0.6) is 0 Å². The summed E-state index contributed by atoms with van der Waals surface area (Å²) >= 11 is 0. The van der Waals surface area contributed by atoms with Gasteiger partial charge >= 0.3 is 0 Å². The zero-order valence-electron chi connectivity index (χ0n) is 24.1. The zero-order valence-corrected chi connectivity index (χ0v) is 24.1. The van der Waals surface area contributed by atoms with Gasteiger partial charge in [-0.25, -0.2) is 4.98 Å². The lowest BCUT2D eigenvalue weighted by Crippen LogP contribution is -2.42. The smallest absolute Gasteiger partial charge is 0.157 e. The molecule has 4 aromatic heterocycles. The lowest BCUT2D eigenvalue weighted by molar-refractivity contribution is 0.0305. The fourth-order valence-corrected chi connectivity index (χ4v) is 6.23. The molecule has 9 nitrogen and oxygen atoms in total. The fraction of sp³-hybridized carbons (Fsp3) is 0.235. The molecule has 0 radical (unpaired) electrons. The largest absolute Gasteiger partial charge is 0.371 e. The van der Waals surface area contributed by atoms with Crippen molar-refractivity contribution in [3.8, 4) is 11.5 Å². The van der Waals surface area contributed by atoms with Gasteiger partial charge in [0.15, 0.2) is 5.82 Å². The summed E-state index contributed by atoms with van der Waals surface area (Å²) in [4.78, 5) is 24.5. The normalized spacial score (nSPS) is 18.0. The molecule has 2 saturated heterocycles. The molecular weight excluding hydrogens is 536 g/mol. The Balaban J connectivity index is 1.03. The number of aromatic amines is 1. The summed E-state index contributed by atoms with van der Waals surface area (Å²) in [6, 6.07) is 22.8. The second-order valence-corrected chi connectivity index (χ2v) is 11.6. The zero-order chi connectivity index (χ0) is 28.9. The van der Waals surface area contributed by atoms with Gasteiger partial charge in [-0.15, -0.1) is 0 Å². The fourth-order valence-electron chi connectivity index (χ4n) is 6.23. The number of nitrogens with one attached hydrogen (secondary N) is 3. The molecule has 2 fully saturated rings. The quantitative estimate of drug-likeness (QED) is 0.197. The number of aryl methyl sites for hydroxylation is 2. The maximum absolute atomic E-state index is 6.06. The predicted molar refractivity (Wildman–Crippen MR) is 171 cm³/mol. The van der Waals surface area contributed by atoms with E-state index in [2.05, 4.69) is 49.8 Å². The molecule has 0 aliphatic carbocycles. The Labute approximate surface area is 249 Å². The number of aromatic nitrogens is 5. The van der Waals surface area contributed by atoms with Crippen molar-refractivity contribution in [3.05, 3.63) is 90.5 Å². The molecule has 6 heterocycles. The second kappa shape index (κ2) is 10.4. The highest BCUT2D eigenvalue weighted by molar-refractivity contribution is 5.95. The van der Waals surface area contributed by atoms with Crippen LogP contribution in [0.3, 0.4) is 0 Å². The summed E-state index contributed by atoms with van der Waals surface area (Å²) in [6.07, 6.45) is 6.65. The number of rotatable bonds is 6. The minimum absolute atomic E-state index is 0.342. The number of hydrogen-bond acceptors (Lipinski definition) is 8. The molecule has 2 aromatic carbocycles. The number of morpholine rings is 1. The van der Waals surface area contributed by atoms with Gasteiger partial charge in [0.25, 0.3) is 0 Å². The summed E-state index contributed by atoms with van der Waals surface area (Å²) in [5, 5.41) is 8.12. The van der Waals surface area contributed by atoms with E-state index in [1.165, 1.54) is 5.69 Å². The average Bonchev–Trinajstić information content (AvgIpc) is 3.59. The summed E-state index contributed by atoms with van der Waals surface area (Å²) in [7, 11) is 0. The van der Waals surface area contributed by atoms with Gasteiger partial charge in [-0.05, 0) is 93.4 Å². The molecule has 0 spiro atoms. The van der Waals surface area contributed by atoms with Gasteiger partial charge in [-0.1, -0.05) is 0 Å². The Morgan fingerprint density at radius 2 is 1.60 bits per heavy atom. The molecule has 214 valence electrons. The van der Waals surface area contributed by atoms with Gasteiger partial charge < -0.3 is 25.3 Å². The Kier molecular flexibility index (Phi) is 6.18. The van der Waals surface area contributed by atoms with Crippen molar-refractivity contribution in [1.29, 1.82) is 0 Å². The third-order valence-corrected chi connectivity index (χ3v) is 8.28. The standard InChI is InChI=1S/C34H32N8O/c1-20-13-23(11-12-35-20)38-22-3-8-30-33(15-22)41-34(40-30)31-9-4-24(17-36-31)39-32-14-21(2)37-29-10-5-25(16-28(29)32)42-18-26-6-7-27(19-42)43-26/h3-5,8-17,26-27H,6-7,18-19H2,1-2H3,(H,35,38)(H,37,39)(H,40,41)/t26-,27?/m1/s1. The van der Waals surface area contributed by atoms with Crippen molar-refractivity contribution < 1.29 is 4.74 Å². The molecule has 1 unspecified atom stereocenters. The molecule has 8 rings (SSSR count). The highest BCUT2D eigenvalue weighted by atomic mass is 16.5. The Morgan fingerprint density at radius 3 is 2.42 bits per heavy atom. The topological polar surface area (TPSA) is 104 Å². The van der Waals surface area contributed by atoms with E-state index < -0.39 is 0 Å². The van der Waals surface area contributed by atoms with Gasteiger partial charge in [0, 0.05) is 58.8 Å². The van der Waals surface area contributed by atoms with Crippen LogP contribution in [0, 0.1) is 13.8 Å². The van der Waals surface area contributed by atoms with Crippen LogP contribution in [0.15, 0.2) is 79.1 Å². The number of hydrogen-bond donors (Lipinski definition) is 3. The molecule has 43 heavy (non-hydrogen) atoms. The number of nitrogens with zero attached hydrogens (tertiary/aromatic N) is 5. The molecule has 0 amide bonds. The van der Waals surface area contributed by atoms with Gasteiger partial charge in [-0.3, -0.25) is 15.0 Å². The lowest BCUT2D eigenvalue weighted by atomic mass is 10.1. The van der Waals surface area contributed by atoms with Crippen molar-refractivity contribution >= 4 is 50.4 Å². The Bertz CT molecular complexity index is 1960. The van der Waals surface area contributed by atoms with Crippen molar-refractivity contribution in [2.45, 2.75) is 38.9 Å². The molecule has 2 atom stereocenters. The van der Waals surface area contributed by atoms with E-state index >= 15 is 0 Å². The first-order valence-electron chi connectivity index (χ1n) is 14.8. The second-order valence-electron chi connectivity index (χ2n) is 11.6. The van der Waals surface area contributed by atoms with Crippen LogP contribution in [0.2, 0.25) is 0 Å². The first-order chi connectivity index (χ1) is 21.0. The monoisotopic (exact) mass is 568 g/mol. The van der Waals surface area contributed by atoms with Crippen LogP contribution in [0.1, 0.15) is 24.2 Å². The first kappa shape index (κ1) is 25.7. The molecule has 2 bridgehead atoms. The molecule has 2 aliphatic heterocycles. The van der Waals surface area contributed by atoms with E-state index in [1.807, 2.05) is 62.5 Å². The SMILES string of the molecule is Cc1cc(Nc2ccc3[nH]c(-c4ccc(Nc5cc(C)nc6ccc(N7CC8CC[C@H](C7)O8)cc56)cn4)nc3c2)ccn1. The third kappa shape index (κ3) is 5.12. The molecular formula is C34H32N8O. The number of benzene rings is 2. The van der Waals surface area contributed by atoms with Crippen LogP contribution in [-0.4, -0.2) is 50.2 Å². The van der Waals surface area contributed by atoms with Gasteiger partial charge in [0.2, 0.25) is 0 Å². The third-order valence-electron chi connectivity index (χ3n) is 8.28. The number of pyridine rings is 3. The first-order valence-corrected chi connectivity index (χ1v) is 14.8. The minimum atomic E-state index is 0.342. The maximum atomic E-state index is 6.06. The van der Waals surface area contributed by atoms with E-state index in [1.54, 1.807) is 6.20 Å². The Morgan fingerprint density at radius 1 is 0.767 bits per heavy atom. The highest BCUT2D eigenvalue weighted by Gasteiger charge is 2.33. The maximum Gasteiger partial charge on any atom is 0.157 e. The number of imidazole rings is 1. The predicted octanol–water partition coefficient (Wildman–Crippen LogP) is 7.04. The Hall–Kier alpha value is -5.02. The average molecular weight is 569 g/mol. The van der Waals surface area contributed by atoms with E-state index in [-0.39, 0.29) is 0 Å². The lowest BCUT2D eigenvalue weighted by Gasteiger charge is -2.34. The van der Waals surface area contributed by atoms with E-state index in [0.717, 1.165) is 93.5 Å². The molecule has 3 N–H and O–H groups in total. The van der Waals surface area contributed by atoms with Crippen molar-refractivity contribution in [2.75, 3.05) is 28.6 Å². The summed E-state index contributed by atoms with van der Waals surface area (Å²) in [5.74, 6) is 0.729. The van der Waals surface area contributed by atoms with Crippen molar-refractivity contribution in [3.63, 3.8) is 0 Å². The van der Waals surface area contributed by atoms with Crippen molar-refractivity contribution in [1.82, 2.24) is 24.9 Å². The number of ether oxygens (including phenoxy) is 1. The van der Waals surface area contributed by atoms with Gasteiger partial charge in [0.1, 0.15) is 5.69 Å². The number of fused-ring (bicyclic) bond motifs is 4. The van der Waals surface area contributed by atoms with Crippen LogP contribution >= 0.6 is 0 Å². The van der Waals surface area contributed by atoms with Crippen molar-refractivity contribution in [2.24, 2.45) is 0 Å². The summed E-state index contributed by atoms with van der Waals surface area (Å²) in [5.41, 5.74) is 10.6. The highest BCUT2D eigenvalue weighted by Crippen LogP contribution is 2.34. The van der Waals surface area contributed by atoms with E-state index in [0.29, 0.717) is 12.2 Å². The molecule has 0 saturated carbocycles. The van der Waals surface area contributed by atoms with Gasteiger partial charge in [-0.2, -0.15) is 0 Å². The van der Waals surface area contributed by atoms with Crippen LogP contribution < -0.4 is 15.5 Å². The summed E-state index contributed by atoms with van der Waals surface area (Å²) < 4.78 is 6.06. The molecule has 2 aliphatic rings. The van der Waals surface area contributed by atoms with Gasteiger partial charge in [0.05, 0.1) is 40.6 Å². The molecule has 9 heteroatoms.